The van der Waals surface area contributed by atoms with Crippen molar-refractivity contribution in [3.8, 4) is 0 Å². The fraction of sp³-hybridized carbons (Fsp3) is 0.533. The van der Waals surface area contributed by atoms with Crippen molar-refractivity contribution in [1.82, 2.24) is 14.6 Å². The van der Waals surface area contributed by atoms with Crippen LogP contribution in [-0.4, -0.2) is 32.2 Å². The number of aliphatic carboxylic acids is 1. The molecule has 0 aliphatic heterocycles. The Kier molecular flexibility index (Phi) is 4.45. The third-order valence-electron chi connectivity index (χ3n) is 3.65. The Morgan fingerprint density at radius 2 is 2.14 bits per heavy atom. The molecule has 0 saturated carbocycles. The Balaban J connectivity index is 1.96. The van der Waals surface area contributed by atoms with E-state index in [9.17, 15) is 4.79 Å². The fourth-order valence-electron chi connectivity index (χ4n) is 2.28. The first-order valence-electron chi connectivity index (χ1n) is 7.13. The summed E-state index contributed by atoms with van der Waals surface area (Å²) in [5.74, 6) is 0.176. The van der Waals surface area contributed by atoms with Crippen molar-refractivity contribution in [2.24, 2.45) is 5.41 Å². The number of carboxylic acid groups (broad SMARTS) is 1. The SMILES string of the molecule is Cc1cc(NCCC(C)(C)CCC(=O)O)n2ncnc2c1. The topological polar surface area (TPSA) is 79.5 Å². The lowest BCUT2D eigenvalue weighted by molar-refractivity contribution is -0.137. The van der Waals surface area contributed by atoms with Gasteiger partial charge in [-0.2, -0.15) is 9.61 Å². The number of pyridine rings is 1. The van der Waals surface area contributed by atoms with Crippen molar-refractivity contribution in [3.63, 3.8) is 0 Å². The maximum absolute atomic E-state index is 10.7. The number of carboxylic acids is 1. The van der Waals surface area contributed by atoms with Crippen molar-refractivity contribution in [2.45, 2.75) is 40.0 Å². The van der Waals surface area contributed by atoms with E-state index in [2.05, 4.69) is 29.2 Å². The molecule has 0 fully saturated rings. The fourth-order valence-corrected chi connectivity index (χ4v) is 2.28. The molecule has 0 saturated heterocycles. The lowest BCUT2D eigenvalue weighted by atomic mass is 9.84. The van der Waals surface area contributed by atoms with Gasteiger partial charge in [0.25, 0.3) is 0 Å². The summed E-state index contributed by atoms with van der Waals surface area (Å²) in [6.07, 6.45) is 3.32. The number of rotatable bonds is 7. The Labute approximate surface area is 124 Å². The second kappa shape index (κ2) is 6.11. The monoisotopic (exact) mass is 290 g/mol. The zero-order valence-electron chi connectivity index (χ0n) is 12.8. The van der Waals surface area contributed by atoms with E-state index in [4.69, 9.17) is 5.11 Å². The number of anilines is 1. The van der Waals surface area contributed by atoms with E-state index >= 15 is 0 Å². The lowest BCUT2D eigenvalue weighted by Crippen LogP contribution is -2.19. The summed E-state index contributed by atoms with van der Waals surface area (Å²) in [5.41, 5.74) is 1.95. The number of aryl methyl sites for hydroxylation is 1. The molecule has 0 amide bonds. The molecule has 6 heteroatoms. The summed E-state index contributed by atoms with van der Waals surface area (Å²) in [6, 6.07) is 4.01. The third kappa shape index (κ3) is 4.18. The van der Waals surface area contributed by atoms with Crippen molar-refractivity contribution in [3.05, 3.63) is 24.0 Å². The van der Waals surface area contributed by atoms with E-state index in [1.54, 1.807) is 4.52 Å². The molecule has 2 N–H and O–H groups in total. The van der Waals surface area contributed by atoms with Crippen LogP contribution < -0.4 is 5.32 Å². The van der Waals surface area contributed by atoms with Gasteiger partial charge in [0.15, 0.2) is 5.65 Å². The standard InChI is InChI=1S/C15H22N4O2/c1-11-8-12(19-13(9-11)17-10-18-19)16-7-6-15(2,3)5-4-14(20)21/h8-10,16H,4-7H2,1-3H3,(H,20,21). The van der Waals surface area contributed by atoms with Gasteiger partial charge in [-0.3, -0.25) is 4.79 Å². The molecule has 0 unspecified atom stereocenters. The zero-order valence-corrected chi connectivity index (χ0v) is 12.8. The highest BCUT2D eigenvalue weighted by atomic mass is 16.4. The zero-order chi connectivity index (χ0) is 15.5. The maximum atomic E-state index is 10.7. The molecule has 2 aromatic rings. The van der Waals surface area contributed by atoms with E-state index < -0.39 is 5.97 Å². The molecule has 114 valence electrons. The number of nitrogens with zero attached hydrogens (tertiary/aromatic N) is 3. The van der Waals surface area contributed by atoms with Gasteiger partial charge in [-0.25, -0.2) is 4.98 Å². The number of nitrogens with one attached hydrogen (secondary N) is 1. The maximum Gasteiger partial charge on any atom is 0.303 e. The van der Waals surface area contributed by atoms with Gasteiger partial charge in [0, 0.05) is 13.0 Å². The van der Waals surface area contributed by atoms with Crippen LogP contribution in [0.15, 0.2) is 18.5 Å². The minimum Gasteiger partial charge on any atom is -0.481 e. The van der Waals surface area contributed by atoms with E-state index in [-0.39, 0.29) is 11.8 Å². The summed E-state index contributed by atoms with van der Waals surface area (Å²) in [7, 11) is 0. The van der Waals surface area contributed by atoms with E-state index in [1.807, 2.05) is 19.1 Å². The first-order chi connectivity index (χ1) is 9.87. The molecule has 0 spiro atoms. The van der Waals surface area contributed by atoms with Crippen LogP contribution >= 0.6 is 0 Å². The Bertz CT molecular complexity index is 634. The molecule has 0 bridgehead atoms. The highest BCUT2D eigenvalue weighted by Gasteiger charge is 2.19. The molecule has 21 heavy (non-hydrogen) atoms. The molecule has 0 aliphatic carbocycles. The van der Waals surface area contributed by atoms with Gasteiger partial charge in [-0.05, 0) is 42.9 Å². The minimum atomic E-state index is -0.737. The van der Waals surface area contributed by atoms with Gasteiger partial charge in [0.05, 0.1) is 0 Å². The predicted molar refractivity (Wildman–Crippen MR) is 81.5 cm³/mol. The Hall–Kier alpha value is -2.11. The van der Waals surface area contributed by atoms with E-state index in [0.29, 0.717) is 6.42 Å². The Morgan fingerprint density at radius 3 is 2.86 bits per heavy atom. The minimum absolute atomic E-state index is 0.00328. The molecular formula is C15H22N4O2. The number of fused-ring (bicyclic) bond motifs is 1. The normalized spacial score (nSPS) is 11.8. The quantitative estimate of drug-likeness (QED) is 0.819. The average Bonchev–Trinajstić information content (AvgIpc) is 2.84. The summed E-state index contributed by atoms with van der Waals surface area (Å²) < 4.78 is 1.78. The van der Waals surface area contributed by atoms with Gasteiger partial charge in [0.1, 0.15) is 12.1 Å². The van der Waals surface area contributed by atoms with Crippen LogP contribution in [0.2, 0.25) is 0 Å². The average molecular weight is 290 g/mol. The predicted octanol–water partition coefficient (Wildman–Crippen LogP) is 2.73. The summed E-state index contributed by atoms with van der Waals surface area (Å²) in [5, 5.41) is 16.3. The summed E-state index contributed by atoms with van der Waals surface area (Å²) in [4.78, 5) is 14.9. The molecule has 0 aromatic carbocycles. The first-order valence-corrected chi connectivity index (χ1v) is 7.13. The number of aromatic nitrogens is 3. The highest BCUT2D eigenvalue weighted by Crippen LogP contribution is 2.26. The van der Waals surface area contributed by atoms with Crippen LogP contribution in [-0.2, 0) is 4.79 Å². The molecule has 6 nitrogen and oxygen atoms in total. The molecule has 2 rings (SSSR count). The number of hydrogen-bond acceptors (Lipinski definition) is 4. The first kappa shape index (κ1) is 15.3. The van der Waals surface area contributed by atoms with Crippen LogP contribution in [0.5, 0.6) is 0 Å². The largest absolute Gasteiger partial charge is 0.481 e. The number of carbonyl (C=O) groups is 1. The number of hydrogen-bond donors (Lipinski definition) is 2. The lowest BCUT2D eigenvalue weighted by Gasteiger charge is -2.24. The second-order valence-electron chi connectivity index (χ2n) is 6.18. The van der Waals surface area contributed by atoms with Crippen LogP contribution in [0.3, 0.4) is 0 Å². The van der Waals surface area contributed by atoms with Crippen molar-refractivity contribution < 1.29 is 9.90 Å². The Morgan fingerprint density at radius 1 is 1.38 bits per heavy atom. The molecule has 2 heterocycles. The van der Waals surface area contributed by atoms with Gasteiger partial charge >= 0.3 is 5.97 Å². The van der Waals surface area contributed by atoms with Crippen molar-refractivity contribution in [2.75, 3.05) is 11.9 Å². The van der Waals surface area contributed by atoms with Gasteiger partial charge in [-0.1, -0.05) is 13.8 Å². The van der Waals surface area contributed by atoms with E-state index in [0.717, 1.165) is 30.0 Å². The van der Waals surface area contributed by atoms with Crippen LogP contribution in [0.25, 0.3) is 5.65 Å². The smallest absolute Gasteiger partial charge is 0.303 e. The van der Waals surface area contributed by atoms with Crippen LogP contribution in [0.4, 0.5) is 5.82 Å². The summed E-state index contributed by atoms with van der Waals surface area (Å²) >= 11 is 0. The highest BCUT2D eigenvalue weighted by molar-refractivity contribution is 5.66. The van der Waals surface area contributed by atoms with Gasteiger partial charge in [0.2, 0.25) is 0 Å². The summed E-state index contributed by atoms with van der Waals surface area (Å²) in [6.45, 7) is 6.99. The van der Waals surface area contributed by atoms with Gasteiger partial charge < -0.3 is 10.4 Å². The van der Waals surface area contributed by atoms with Crippen molar-refractivity contribution in [1.29, 1.82) is 0 Å². The van der Waals surface area contributed by atoms with Crippen molar-refractivity contribution >= 4 is 17.4 Å². The van der Waals surface area contributed by atoms with Crippen LogP contribution in [0, 0.1) is 12.3 Å². The molecule has 0 aliphatic rings. The van der Waals surface area contributed by atoms with Crippen LogP contribution in [0.1, 0.15) is 38.7 Å². The molecular weight excluding hydrogens is 268 g/mol. The molecule has 0 radical (unpaired) electrons. The molecule has 0 atom stereocenters. The second-order valence-corrected chi connectivity index (χ2v) is 6.18. The molecule has 2 aromatic heterocycles. The van der Waals surface area contributed by atoms with Gasteiger partial charge in [-0.15, -0.1) is 0 Å². The van der Waals surface area contributed by atoms with E-state index in [1.165, 1.54) is 6.33 Å². The third-order valence-corrected chi connectivity index (χ3v) is 3.65.